The first-order valence-corrected chi connectivity index (χ1v) is 7.73. The van der Waals surface area contributed by atoms with Crippen LogP contribution in [0.1, 0.15) is 32.8 Å². The maximum atomic E-state index is 12.9. The highest BCUT2D eigenvalue weighted by molar-refractivity contribution is 6.05. The number of hydrogen-bond acceptors (Lipinski definition) is 4. The van der Waals surface area contributed by atoms with E-state index in [0.29, 0.717) is 19.5 Å². The number of hydrogen-bond donors (Lipinski definition) is 0. The van der Waals surface area contributed by atoms with Crippen molar-refractivity contribution >= 4 is 11.6 Å². The first kappa shape index (κ1) is 15.0. The van der Waals surface area contributed by atoms with E-state index in [-0.39, 0.29) is 18.1 Å². The van der Waals surface area contributed by atoms with E-state index in [9.17, 15) is 4.79 Å². The lowest BCUT2D eigenvalue weighted by molar-refractivity contribution is -0.164. The Morgan fingerprint density at radius 2 is 1.86 bits per heavy atom. The van der Waals surface area contributed by atoms with Gasteiger partial charge in [0.1, 0.15) is 0 Å². The second-order valence-corrected chi connectivity index (χ2v) is 6.37. The van der Waals surface area contributed by atoms with E-state index < -0.39 is 5.60 Å². The van der Waals surface area contributed by atoms with Crippen LogP contribution in [0.3, 0.4) is 0 Å². The Kier molecular flexibility index (Phi) is 3.91. The molecule has 1 saturated heterocycles. The molecular weight excluding hydrogens is 280 g/mol. The molecule has 0 radical (unpaired) electrons. The Morgan fingerprint density at radius 3 is 2.50 bits per heavy atom. The minimum absolute atomic E-state index is 0.0100. The molecule has 1 aromatic rings. The highest BCUT2D eigenvalue weighted by atomic mass is 16.7. The number of ether oxygens (including phenoxy) is 1. The second-order valence-electron chi connectivity index (χ2n) is 6.37. The van der Waals surface area contributed by atoms with Gasteiger partial charge >= 0.3 is 0 Å². The van der Waals surface area contributed by atoms with Gasteiger partial charge in [0.2, 0.25) is 5.60 Å². The molecule has 118 valence electrons. The third kappa shape index (κ3) is 2.86. The zero-order valence-corrected chi connectivity index (χ0v) is 13.3. The smallest absolute Gasteiger partial charge is 0.269 e. The van der Waals surface area contributed by atoms with Crippen molar-refractivity contribution in [2.45, 2.75) is 45.0 Å². The minimum Gasteiger partial charge on any atom is -0.379 e. The van der Waals surface area contributed by atoms with Crippen molar-refractivity contribution in [1.29, 1.82) is 0 Å². The summed E-state index contributed by atoms with van der Waals surface area (Å²) in [6.45, 7) is 6.99. The van der Waals surface area contributed by atoms with E-state index in [1.54, 1.807) is 0 Å². The van der Waals surface area contributed by atoms with Gasteiger partial charge < -0.3 is 14.5 Å². The lowest BCUT2D eigenvalue weighted by Gasteiger charge is -2.38. The Bertz CT molecular complexity index is 577. The summed E-state index contributed by atoms with van der Waals surface area (Å²) in [5, 5.41) is 4.15. The van der Waals surface area contributed by atoms with Gasteiger partial charge in [-0.1, -0.05) is 35.5 Å². The molecular formula is C17H22N2O3. The van der Waals surface area contributed by atoms with Crippen molar-refractivity contribution in [2.75, 3.05) is 13.1 Å². The number of carbonyl (C=O) groups is 1. The maximum absolute atomic E-state index is 12.9. The van der Waals surface area contributed by atoms with Crippen LogP contribution in [0.5, 0.6) is 0 Å². The highest BCUT2D eigenvalue weighted by Gasteiger charge is 2.45. The molecule has 22 heavy (non-hydrogen) atoms. The predicted molar refractivity (Wildman–Crippen MR) is 83.7 cm³/mol. The first-order valence-electron chi connectivity index (χ1n) is 7.73. The molecule has 3 rings (SSSR count). The summed E-state index contributed by atoms with van der Waals surface area (Å²) >= 11 is 0. The molecule has 0 unspecified atom stereocenters. The van der Waals surface area contributed by atoms with Crippen molar-refractivity contribution in [3.63, 3.8) is 0 Å². The molecule has 1 fully saturated rings. The monoisotopic (exact) mass is 302 g/mol. The Balaban J connectivity index is 1.71. The van der Waals surface area contributed by atoms with Gasteiger partial charge in [0.15, 0.2) is 0 Å². The molecule has 5 nitrogen and oxygen atoms in total. The van der Waals surface area contributed by atoms with Crippen LogP contribution >= 0.6 is 0 Å². The summed E-state index contributed by atoms with van der Waals surface area (Å²) in [7, 11) is 0. The summed E-state index contributed by atoms with van der Waals surface area (Å²) in [4.78, 5) is 20.2. The van der Waals surface area contributed by atoms with Gasteiger partial charge in [0.25, 0.3) is 5.91 Å². The lowest BCUT2D eigenvalue weighted by atomic mass is 9.94. The minimum atomic E-state index is -0.915. The van der Waals surface area contributed by atoms with Gasteiger partial charge in [-0.25, -0.2) is 0 Å². The molecule has 2 heterocycles. The van der Waals surface area contributed by atoms with E-state index in [2.05, 4.69) is 5.16 Å². The quantitative estimate of drug-likeness (QED) is 0.841. The summed E-state index contributed by atoms with van der Waals surface area (Å²) in [5.41, 5.74) is 0.913. The van der Waals surface area contributed by atoms with E-state index in [1.165, 1.54) is 0 Å². The molecule has 0 N–H and O–H groups in total. The highest BCUT2D eigenvalue weighted by Crippen LogP contribution is 2.29. The van der Waals surface area contributed by atoms with Crippen molar-refractivity contribution in [1.82, 2.24) is 4.90 Å². The van der Waals surface area contributed by atoms with Crippen LogP contribution in [0, 0.1) is 0 Å². The van der Waals surface area contributed by atoms with Gasteiger partial charge in [0.05, 0.1) is 17.9 Å². The molecule has 1 aromatic carbocycles. The Morgan fingerprint density at radius 1 is 1.23 bits per heavy atom. The largest absolute Gasteiger partial charge is 0.379 e. The van der Waals surface area contributed by atoms with Crippen molar-refractivity contribution in [3.8, 4) is 0 Å². The fourth-order valence-corrected chi connectivity index (χ4v) is 3.12. The number of morpholine rings is 1. The fourth-order valence-electron chi connectivity index (χ4n) is 3.12. The third-order valence-electron chi connectivity index (χ3n) is 4.13. The summed E-state index contributed by atoms with van der Waals surface area (Å²) in [6.07, 6.45) is 0.593. The van der Waals surface area contributed by atoms with Crippen LogP contribution < -0.4 is 0 Å². The van der Waals surface area contributed by atoms with Gasteiger partial charge in [0, 0.05) is 19.5 Å². The Hall–Kier alpha value is -1.88. The first-order chi connectivity index (χ1) is 10.5. The summed E-state index contributed by atoms with van der Waals surface area (Å²) in [5.74, 6) is -0.0100. The normalized spacial score (nSPS) is 31.6. The van der Waals surface area contributed by atoms with E-state index >= 15 is 0 Å². The molecule has 0 saturated carbocycles. The molecule has 0 aromatic heterocycles. The molecule has 0 spiro atoms. The van der Waals surface area contributed by atoms with Gasteiger partial charge in [-0.2, -0.15) is 0 Å². The number of nitrogens with zero attached hydrogens (tertiary/aromatic N) is 2. The Labute approximate surface area is 130 Å². The van der Waals surface area contributed by atoms with Crippen LogP contribution in [-0.2, 0) is 14.4 Å². The zero-order valence-electron chi connectivity index (χ0n) is 13.3. The number of carbonyl (C=O) groups excluding carboxylic acids is 1. The number of amides is 1. The van der Waals surface area contributed by atoms with E-state index in [4.69, 9.17) is 9.57 Å². The predicted octanol–water partition coefficient (Wildman–Crippen LogP) is 2.21. The van der Waals surface area contributed by atoms with Crippen LogP contribution in [0.25, 0.3) is 0 Å². The molecule has 3 atom stereocenters. The van der Waals surface area contributed by atoms with E-state index in [0.717, 1.165) is 11.3 Å². The average Bonchev–Trinajstić information content (AvgIpc) is 2.90. The standard InChI is InChI=1S/C17H22N2O3/c1-12-10-19(11-13(2)21-12)16(20)17(3)9-15(18-22-17)14-7-5-4-6-8-14/h4-8,12-13H,9-11H2,1-3H3/t12-,13+,17-/m1/s1. The number of oxime groups is 1. The van der Waals surface area contributed by atoms with Gasteiger partial charge in [-0.15, -0.1) is 0 Å². The third-order valence-corrected chi connectivity index (χ3v) is 4.13. The SMILES string of the molecule is C[C@@H]1CN(C(=O)[C@@]2(C)CC(c3ccccc3)=NO2)C[C@H](C)O1. The van der Waals surface area contributed by atoms with Crippen LogP contribution in [0.15, 0.2) is 35.5 Å². The second kappa shape index (κ2) is 5.72. The molecule has 5 heteroatoms. The van der Waals surface area contributed by atoms with Crippen LogP contribution in [-0.4, -0.2) is 47.4 Å². The molecule has 2 aliphatic heterocycles. The topological polar surface area (TPSA) is 51.1 Å². The number of rotatable bonds is 2. The maximum Gasteiger partial charge on any atom is 0.269 e. The fraction of sp³-hybridized carbons (Fsp3) is 0.529. The van der Waals surface area contributed by atoms with Gasteiger partial charge in [-0.3, -0.25) is 4.79 Å². The van der Waals surface area contributed by atoms with Crippen LogP contribution in [0.2, 0.25) is 0 Å². The lowest BCUT2D eigenvalue weighted by Crippen LogP contribution is -2.55. The molecule has 2 aliphatic rings. The van der Waals surface area contributed by atoms with E-state index in [1.807, 2.05) is 56.0 Å². The molecule has 1 amide bonds. The van der Waals surface area contributed by atoms with Crippen molar-refractivity contribution < 1.29 is 14.4 Å². The summed E-state index contributed by atoms with van der Waals surface area (Å²) < 4.78 is 5.69. The molecule has 0 aliphatic carbocycles. The average molecular weight is 302 g/mol. The number of benzene rings is 1. The summed E-state index contributed by atoms with van der Waals surface area (Å²) in [6, 6.07) is 9.84. The van der Waals surface area contributed by atoms with Crippen molar-refractivity contribution in [2.24, 2.45) is 5.16 Å². The van der Waals surface area contributed by atoms with Crippen LogP contribution in [0.4, 0.5) is 0 Å². The zero-order chi connectivity index (χ0) is 15.7. The molecule has 0 bridgehead atoms. The van der Waals surface area contributed by atoms with Gasteiger partial charge in [-0.05, 0) is 26.3 Å². The van der Waals surface area contributed by atoms with Crippen molar-refractivity contribution in [3.05, 3.63) is 35.9 Å².